The standard InChI is InChI=1S/C17H22N2O/c1-3-12(4-2)17(20)19-11-7-9-14-13-8-5-6-10-15(13)18-16(14)19/h5-6,8,10,12,18H,3-4,7,9,11H2,1-2H3. The molecule has 3 heteroatoms. The molecule has 3 rings (SSSR count). The molecule has 0 bridgehead atoms. The number of benzene rings is 1. The van der Waals surface area contributed by atoms with Crippen LogP contribution in [0.15, 0.2) is 24.3 Å². The predicted molar refractivity (Wildman–Crippen MR) is 83.0 cm³/mol. The van der Waals surface area contributed by atoms with Crippen LogP contribution in [0.3, 0.4) is 0 Å². The lowest BCUT2D eigenvalue weighted by atomic mass is 9.98. The first-order valence-corrected chi connectivity index (χ1v) is 7.67. The number of H-pyrrole nitrogens is 1. The van der Waals surface area contributed by atoms with Crippen molar-refractivity contribution in [3.05, 3.63) is 29.8 Å². The molecule has 20 heavy (non-hydrogen) atoms. The summed E-state index contributed by atoms with van der Waals surface area (Å²) in [5.74, 6) is 1.46. The highest BCUT2D eigenvalue weighted by Crippen LogP contribution is 2.34. The van der Waals surface area contributed by atoms with Crippen molar-refractivity contribution in [2.75, 3.05) is 11.4 Å². The van der Waals surface area contributed by atoms with Crippen molar-refractivity contribution in [2.45, 2.75) is 39.5 Å². The van der Waals surface area contributed by atoms with Crippen LogP contribution in [0.2, 0.25) is 0 Å². The molecule has 0 fully saturated rings. The van der Waals surface area contributed by atoms with Gasteiger partial charge in [-0.05, 0) is 31.7 Å². The normalized spacial score (nSPS) is 14.8. The molecular formula is C17H22N2O. The Kier molecular flexibility index (Phi) is 3.51. The van der Waals surface area contributed by atoms with Crippen LogP contribution in [-0.2, 0) is 11.2 Å². The van der Waals surface area contributed by atoms with Crippen molar-refractivity contribution in [3.63, 3.8) is 0 Å². The van der Waals surface area contributed by atoms with E-state index in [2.05, 4.69) is 37.0 Å². The Hall–Kier alpha value is -1.77. The summed E-state index contributed by atoms with van der Waals surface area (Å²) in [5, 5.41) is 1.27. The Labute approximate surface area is 120 Å². The molecule has 1 aliphatic rings. The summed E-state index contributed by atoms with van der Waals surface area (Å²) in [6, 6.07) is 8.35. The van der Waals surface area contributed by atoms with Crippen molar-refractivity contribution in [3.8, 4) is 0 Å². The number of hydrogen-bond donors (Lipinski definition) is 1. The number of carbonyl (C=O) groups is 1. The van der Waals surface area contributed by atoms with Crippen LogP contribution in [0.25, 0.3) is 10.9 Å². The number of fused-ring (bicyclic) bond motifs is 3. The van der Waals surface area contributed by atoms with Crippen molar-refractivity contribution >= 4 is 22.6 Å². The van der Waals surface area contributed by atoms with Gasteiger partial charge in [0.1, 0.15) is 5.82 Å². The third-order valence-corrected chi connectivity index (χ3v) is 4.47. The fourth-order valence-corrected chi connectivity index (χ4v) is 3.27. The lowest BCUT2D eigenvalue weighted by molar-refractivity contribution is -0.122. The third kappa shape index (κ3) is 2.01. The van der Waals surface area contributed by atoms with Crippen molar-refractivity contribution in [1.82, 2.24) is 4.98 Å². The molecule has 3 nitrogen and oxygen atoms in total. The fourth-order valence-electron chi connectivity index (χ4n) is 3.27. The van der Waals surface area contributed by atoms with E-state index in [1.165, 1.54) is 10.9 Å². The molecule has 0 radical (unpaired) electrons. The van der Waals surface area contributed by atoms with Gasteiger partial charge in [0.05, 0.1) is 0 Å². The van der Waals surface area contributed by atoms with Crippen molar-refractivity contribution in [2.24, 2.45) is 5.92 Å². The van der Waals surface area contributed by atoms with Crippen LogP contribution >= 0.6 is 0 Å². The second-order valence-corrected chi connectivity index (χ2v) is 5.60. The second kappa shape index (κ2) is 5.31. The Bertz CT molecular complexity index is 625. The number of carbonyl (C=O) groups excluding carboxylic acids is 1. The number of hydrogen-bond acceptors (Lipinski definition) is 1. The van der Waals surface area contributed by atoms with Gasteiger partial charge in [-0.25, -0.2) is 0 Å². The van der Waals surface area contributed by atoms with Crippen LogP contribution < -0.4 is 4.90 Å². The van der Waals surface area contributed by atoms with Crippen LogP contribution in [0.5, 0.6) is 0 Å². The molecule has 0 atom stereocenters. The first-order valence-electron chi connectivity index (χ1n) is 7.67. The summed E-state index contributed by atoms with van der Waals surface area (Å²) in [4.78, 5) is 18.1. The summed E-state index contributed by atoms with van der Waals surface area (Å²) < 4.78 is 0. The van der Waals surface area contributed by atoms with Crippen LogP contribution in [0, 0.1) is 5.92 Å². The fraction of sp³-hybridized carbons (Fsp3) is 0.471. The zero-order chi connectivity index (χ0) is 14.1. The number of para-hydroxylation sites is 1. The van der Waals surface area contributed by atoms with E-state index >= 15 is 0 Å². The Morgan fingerprint density at radius 1 is 1.30 bits per heavy atom. The summed E-state index contributed by atoms with van der Waals surface area (Å²) in [6.45, 7) is 5.04. The van der Waals surface area contributed by atoms with Crippen LogP contribution in [0.1, 0.15) is 38.7 Å². The number of aromatic nitrogens is 1. The smallest absolute Gasteiger partial charge is 0.231 e. The van der Waals surface area contributed by atoms with Crippen molar-refractivity contribution in [1.29, 1.82) is 0 Å². The van der Waals surface area contributed by atoms with Gasteiger partial charge in [0.25, 0.3) is 0 Å². The molecule has 0 saturated heterocycles. The van der Waals surface area contributed by atoms with E-state index < -0.39 is 0 Å². The van der Waals surface area contributed by atoms with Gasteiger partial charge in [0.2, 0.25) is 5.91 Å². The molecule has 2 aromatic rings. The minimum Gasteiger partial charge on any atom is -0.341 e. The number of aryl methyl sites for hydroxylation is 1. The van der Waals surface area contributed by atoms with Gasteiger partial charge in [-0.1, -0.05) is 32.0 Å². The van der Waals surface area contributed by atoms with E-state index in [0.29, 0.717) is 0 Å². The highest BCUT2D eigenvalue weighted by atomic mass is 16.2. The first kappa shape index (κ1) is 13.2. The molecule has 106 valence electrons. The maximum absolute atomic E-state index is 12.7. The van der Waals surface area contributed by atoms with E-state index in [9.17, 15) is 4.79 Å². The molecule has 1 amide bonds. The van der Waals surface area contributed by atoms with E-state index in [0.717, 1.165) is 43.6 Å². The second-order valence-electron chi connectivity index (χ2n) is 5.60. The van der Waals surface area contributed by atoms with Crippen molar-refractivity contribution < 1.29 is 4.79 Å². The van der Waals surface area contributed by atoms with E-state index in [1.54, 1.807) is 0 Å². The van der Waals surface area contributed by atoms with E-state index in [-0.39, 0.29) is 11.8 Å². The highest BCUT2D eigenvalue weighted by Gasteiger charge is 2.29. The number of nitrogens with zero attached hydrogens (tertiary/aromatic N) is 1. The topological polar surface area (TPSA) is 36.1 Å². The van der Waals surface area contributed by atoms with Gasteiger partial charge >= 0.3 is 0 Å². The molecule has 0 unspecified atom stereocenters. The summed E-state index contributed by atoms with van der Waals surface area (Å²) in [5.41, 5.74) is 2.45. The number of rotatable bonds is 3. The van der Waals surface area contributed by atoms with Gasteiger partial charge in [-0.15, -0.1) is 0 Å². The van der Waals surface area contributed by atoms with Gasteiger partial charge in [-0.3, -0.25) is 9.69 Å². The molecule has 1 aromatic heterocycles. The number of nitrogens with one attached hydrogen (secondary N) is 1. The molecule has 2 heterocycles. The molecule has 1 aliphatic heterocycles. The highest BCUT2D eigenvalue weighted by molar-refractivity contribution is 6.00. The minimum atomic E-state index is 0.146. The zero-order valence-corrected chi connectivity index (χ0v) is 12.3. The number of anilines is 1. The van der Waals surface area contributed by atoms with E-state index in [1.807, 2.05) is 11.0 Å². The van der Waals surface area contributed by atoms with Gasteiger partial charge in [0.15, 0.2) is 0 Å². The summed E-state index contributed by atoms with van der Waals surface area (Å²) in [6.07, 6.45) is 3.95. The maximum Gasteiger partial charge on any atom is 0.231 e. The molecule has 0 spiro atoms. The summed E-state index contributed by atoms with van der Waals surface area (Å²) in [7, 11) is 0. The lowest BCUT2D eigenvalue weighted by Gasteiger charge is -2.29. The number of aromatic amines is 1. The summed E-state index contributed by atoms with van der Waals surface area (Å²) >= 11 is 0. The lowest BCUT2D eigenvalue weighted by Crippen LogP contribution is -2.39. The molecular weight excluding hydrogens is 248 g/mol. The Morgan fingerprint density at radius 2 is 2.05 bits per heavy atom. The first-order chi connectivity index (χ1) is 9.76. The van der Waals surface area contributed by atoms with Crippen LogP contribution in [-0.4, -0.2) is 17.4 Å². The Morgan fingerprint density at radius 3 is 2.80 bits per heavy atom. The van der Waals surface area contributed by atoms with Gasteiger partial charge in [-0.2, -0.15) is 0 Å². The maximum atomic E-state index is 12.7. The molecule has 1 N–H and O–H groups in total. The van der Waals surface area contributed by atoms with Gasteiger partial charge < -0.3 is 4.98 Å². The number of amides is 1. The minimum absolute atomic E-state index is 0.146. The largest absolute Gasteiger partial charge is 0.341 e. The predicted octanol–water partition coefficient (Wildman–Crippen LogP) is 3.88. The average molecular weight is 270 g/mol. The van der Waals surface area contributed by atoms with Crippen LogP contribution in [0.4, 0.5) is 5.82 Å². The SMILES string of the molecule is CCC(CC)C(=O)N1CCCc2c1[nH]c1ccccc21. The quantitative estimate of drug-likeness (QED) is 0.902. The molecule has 0 aliphatic carbocycles. The molecule has 0 saturated carbocycles. The zero-order valence-electron chi connectivity index (χ0n) is 12.3. The van der Waals surface area contributed by atoms with Gasteiger partial charge in [0, 0.05) is 28.9 Å². The third-order valence-electron chi connectivity index (χ3n) is 4.47. The molecule has 1 aromatic carbocycles. The monoisotopic (exact) mass is 270 g/mol. The Balaban J connectivity index is 2.03. The average Bonchev–Trinajstić information content (AvgIpc) is 2.87. The van der Waals surface area contributed by atoms with E-state index in [4.69, 9.17) is 0 Å².